The third kappa shape index (κ3) is 4.93. The lowest BCUT2D eigenvalue weighted by Gasteiger charge is -2.13. The molecule has 0 saturated carbocycles. The number of amides is 1. The second-order valence-corrected chi connectivity index (χ2v) is 6.70. The lowest BCUT2D eigenvalue weighted by atomic mass is 9.99. The summed E-state index contributed by atoms with van der Waals surface area (Å²) in [7, 11) is 0. The largest absolute Gasteiger partial charge is 0.416 e. The first kappa shape index (κ1) is 20.0. The summed E-state index contributed by atoms with van der Waals surface area (Å²) < 4.78 is 38.8. The molecule has 0 atom stereocenters. The SMILES string of the molecule is O=C(Nc1cc(C(F)(F)F)ccc1Cl)c1ccccc1CCc1ccccc1. The average Bonchev–Trinajstić information content (AvgIpc) is 2.68. The number of halogens is 4. The predicted molar refractivity (Wildman–Crippen MR) is 105 cm³/mol. The molecule has 3 aromatic rings. The van der Waals surface area contributed by atoms with Crippen LogP contribution in [0.15, 0.2) is 72.8 Å². The van der Waals surface area contributed by atoms with Crippen LogP contribution in [-0.2, 0) is 19.0 Å². The van der Waals surface area contributed by atoms with Crippen LogP contribution in [0.4, 0.5) is 18.9 Å². The van der Waals surface area contributed by atoms with Gasteiger partial charge in [0.05, 0.1) is 16.3 Å². The van der Waals surface area contributed by atoms with Crippen LogP contribution in [0.3, 0.4) is 0 Å². The van der Waals surface area contributed by atoms with Gasteiger partial charge in [0.15, 0.2) is 0 Å². The Kier molecular flexibility index (Phi) is 6.05. The number of nitrogens with one attached hydrogen (secondary N) is 1. The van der Waals surface area contributed by atoms with Crippen molar-refractivity contribution >= 4 is 23.2 Å². The molecule has 0 aromatic heterocycles. The van der Waals surface area contributed by atoms with Gasteiger partial charge in [-0.1, -0.05) is 60.1 Å². The van der Waals surface area contributed by atoms with E-state index in [1.165, 1.54) is 0 Å². The van der Waals surface area contributed by atoms with E-state index in [0.29, 0.717) is 12.0 Å². The zero-order valence-corrected chi connectivity index (χ0v) is 15.5. The second-order valence-electron chi connectivity index (χ2n) is 6.29. The van der Waals surface area contributed by atoms with E-state index in [1.54, 1.807) is 12.1 Å². The molecule has 0 spiro atoms. The highest BCUT2D eigenvalue weighted by atomic mass is 35.5. The van der Waals surface area contributed by atoms with Gasteiger partial charge in [0.25, 0.3) is 5.91 Å². The molecule has 6 heteroatoms. The van der Waals surface area contributed by atoms with Gasteiger partial charge in [-0.2, -0.15) is 13.2 Å². The molecule has 0 heterocycles. The van der Waals surface area contributed by atoms with E-state index in [1.807, 2.05) is 42.5 Å². The highest BCUT2D eigenvalue weighted by molar-refractivity contribution is 6.34. The van der Waals surface area contributed by atoms with Gasteiger partial charge in [0, 0.05) is 5.56 Å². The lowest BCUT2D eigenvalue weighted by molar-refractivity contribution is -0.137. The standard InChI is InChI=1S/C22H17ClF3NO/c23-19-13-12-17(22(24,25)26)14-20(19)27-21(28)18-9-5-4-8-16(18)11-10-15-6-2-1-3-7-15/h1-9,12-14H,10-11H2,(H,27,28). The Morgan fingerprint density at radius 1 is 0.893 bits per heavy atom. The van der Waals surface area contributed by atoms with Crippen LogP contribution in [0.1, 0.15) is 27.0 Å². The smallest absolute Gasteiger partial charge is 0.321 e. The van der Waals surface area contributed by atoms with Crippen LogP contribution in [0.2, 0.25) is 5.02 Å². The van der Waals surface area contributed by atoms with Gasteiger partial charge in [-0.3, -0.25) is 4.79 Å². The maximum absolute atomic E-state index is 12.9. The van der Waals surface area contributed by atoms with Crippen LogP contribution in [0, 0.1) is 0 Å². The van der Waals surface area contributed by atoms with E-state index in [9.17, 15) is 18.0 Å². The minimum absolute atomic E-state index is 0.0446. The third-order valence-electron chi connectivity index (χ3n) is 4.33. The van der Waals surface area contributed by atoms with E-state index in [4.69, 9.17) is 11.6 Å². The first-order chi connectivity index (χ1) is 13.3. The van der Waals surface area contributed by atoms with Crippen molar-refractivity contribution in [2.24, 2.45) is 0 Å². The van der Waals surface area contributed by atoms with Crippen LogP contribution < -0.4 is 5.32 Å². The molecular formula is C22H17ClF3NO. The Labute approximate surface area is 166 Å². The topological polar surface area (TPSA) is 29.1 Å². The first-order valence-corrected chi connectivity index (χ1v) is 9.02. The van der Waals surface area contributed by atoms with Gasteiger partial charge in [0.2, 0.25) is 0 Å². The summed E-state index contributed by atoms with van der Waals surface area (Å²) in [6.07, 6.45) is -3.14. The van der Waals surface area contributed by atoms with Crippen molar-refractivity contribution in [1.82, 2.24) is 0 Å². The predicted octanol–water partition coefficient (Wildman–Crippen LogP) is 6.40. The Morgan fingerprint density at radius 3 is 2.29 bits per heavy atom. The summed E-state index contributed by atoms with van der Waals surface area (Å²) in [6.45, 7) is 0. The van der Waals surface area contributed by atoms with Crippen molar-refractivity contribution in [3.05, 3.63) is 100 Å². The van der Waals surface area contributed by atoms with Crippen LogP contribution in [0.5, 0.6) is 0 Å². The maximum Gasteiger partial charge on any atom is 0.416 e. The number of hydrogen-bond acceptors (Lipinski definition) is 1. The Balaban J connectivity index is 1.80. The van der Waals surface area contributed by atoms with Crippen molar-refractivity contribution in [2.75, 3.05) is 5.32 Å². The van der Waals surface area contributed by atoms with Crippen LogP contribution >= 0.6 is 11.6 Å². The van der Waals surface area contributed by atoms with Gasteiger partial charge >= 0.3 is 6.18 Å². The Bertz CT molecular complexity index is 971. The molecule has 0 unspecified atom stereocenters. The van der Waals surface area contributed by atoms with Crippen LogP contribution in [-0.4, -0.2) is 5.91 Å². The summed E-state index contributed by atoms with van der Waals surface area (Å²) in [5.74, 6) is -0.495. The van der Waals surface area contributed by atoms with Gasteiger partial charge in [-0.15, -0.1) is 0 Å². The summed E-state index contributed by atoms with van der Waals surface area (Å²) in [5.41, 5.74) is 1.42. The van der Waals surface area contributed by atoms with Crippen LogP contribution in [0.25, 0.3) is 0 Å². The number of alkyl halides is 3. The van der Waals surface area contributed by atoms with E-state index >= 15 is 0 Å². The summed E-state index contributed by atoms with van der Waals surface area (Å²) >= 11 is 5.98. The van der Waals surface area contributed by atoms with Gasteiger partial charge in [-0.25, -0.2) is 0 Å². The molecule has 0 bridgehead atoms. The Hall–Kier alpha value is -2.79. The zero-order chi connectivity index (χ0) is 20.1. The third-order valence-corrected chi connectivity index (χ3v) is 4.66. The highest BCUT2D eigenvalue weighted by Gasteiger charge is 2.31. The lowest BCUT2D eigenvalue weighted by Crippen LogP contribution is -2.16. The fourth-order valence-corrected chi connectivity index (χ4v) is 3.04. The van der Waals surface area contributed by atoms with Gasteiger partial charge in [0.1, 0.15) is 0 Å². The number of anilines is 1. The monoisotopic (exact) mass is 403 g/mol. The van der Waals surface area contributed by atoms with Crippen molar-refractivity contribution < 1.29 is 18.0 Å². The number of carbonyl (C=O) groups excluding carboxylic acids is 1. The molecule has 0 aliphatic heterocycles. The van der Waals surface area contributed by atoms with E-state index in [-0.39, 0.29) is 10.7 Å². The van der Waals surface area contributed by atoms with E-state index in [0.717, 1.165) is 35.7 Å². The van der Waals surface area contributed by atoms with Crippen molar-refractivity contribution in [2.45, 2.75) is 19.0 Å². The molecule has 0 aliphatic rings. The molecule has 28 heavy (non-hydrogen) atoms. The quantitative estimate of drug-likeness (QED) is 0.525. The van der Waals surface area contributed by atoms with E-state index in [2.05, 4.69) is 5.32 Å². The zero-order valence-electron chi connectivity index (χ0n) is 14.8. The van der Waals surface area contributed by atoms with Gasteiger partial charge in [-0.05, 0) is 48.2 Å². The fourth-order valence-electron chi connectivity index (χ4n) is 2.87. The Morgan fingerprint density at radius 2 is 1.57 bits per heavy atom. The number of aryl methyl sites for hydroxylation is 2. The summed E-state index contributed by atoms with van der Waals surface area (Å²) in [5, 5.41) is 2.55. The fraction of sp³-hybridized carbons (Fsp3) is 0.136. The molecular weight excluding hydrogens is 387 g/mol. The number of hydrogen-bond donors (Lipinski definition) is 1. The molecule has 1 N–H and O–H groups in total. The number of rotatable bonds is 5. The molecule has 0 saturated heterocycles. The highest BCUT2D eigenvalue weighted by Crippen LogP contribution is 2.34. The molecule has 1 amide bonds. The van der Waals surface area contributed by atoms with Crippen molar-refractivity contribution in [3.8, 4) is 0 Å². The number of carbonyl (C=O) groups is 1. The molecule has 3 rings (SSSR count). The van der Waals surface area contributed by atoms with Gasteiger partial charge < -0.3 is 5.32 Å². The molecule has 0 aliphatic carbocycles. The van der Waals surface area contributed by atoms with E-state index < -0.39 is 17.6 Å². The summed E-state index contributed by atoms with van der Waals surface area (Å²) in [4.78, 5) is 12.7. The normalized spacial score (nSPS) is 11.3. The minimum atomic E-state index is -4.52. The maximum atomic E-state index is 12.9. The summed E-state index contributed by atoms with van der Waals surface area (Å²) in [6, 6.07) is 19.7. The number of benzene rings is 3. The molecule has 2 nitrogen and oxygen atoms in total. The van der Waals surface area contributed by atoms with Crippen molar-refractivity contribution in [1.29, 1.82) is 0 Å². The molecule has 0 radical (unpaired) electrons. The minimum Gasteiger partial charge on any atom is -0.321 e. The molecule has 144 valence electrons. The molecule has 3 aromatic carbocycles. The first-order valence-electron chi connectivity index (χ1n) is 8.64. The molecule has 0 fully saturated rings. The van der Waals surface area contributed by atoms with Crippen molar-refractivity contribution in [3.63, 3.8) is 0 Å². The second kappa shape index (κ2) is 8.48. The average molecular weight is 404 g/mol.